The number of hydrogen-bond donors (Lipinski definition) is 3. The first kappa shape index (κ1) is 43.0. The Morgan fingerprint density at radius 3 is 1.44 bits per heavy atom. The van der Waals surface area contributed by atoms with Crippen LogP contribution in [0.1, 0.15) is 44.8 Å². The molecule has 296 valence electrons. The molecule has 5 nitrogen and oxygen atoms in total. The van der Waals surface area contributed by atoms with Crippen LogP contribution in [0.15, 0.2) is 134 Å². The van der Waals surface area contributed by atoms with Crippen LogP contribution in [0.3, 0.4) is 0 Å². The lowest BCUT2D eigenvalue weighted by atomic mass is 9.80. The van der Waals surface area contributed by atoms with Crippen LogP contribution in [0.5, 0.6) is 0 Å². The van der Waals surface area contributed by atoms with Crippen LogP contribution in [-0.4, -0.2) is 15.1 Å². The molecule has 6 rings (SSSR count). The summed E-state index contributed by atoms with van der Waals surface area (Å²) in [7, 11) is 0. The van der Waals surface area contributed by atoms with Gasteiger partial charge in [0.15, 0.2) is 5.11 Å². The largest absolute Gasteiger partial charge is 0.416 e. The zero-order valence-corrected chi connectivity index (χ0v) is 31.7. The molecule has 0 saturated carbocycles. The van der Waals surface area contributed by atoms with E-state index in [0.29, 0.717) is 22.2 Å². The van der Waals surface area contributed by atoms with Crippen molar-refractivity contribution in [3.63, 3.8) is 0 Å². The highest BCUT2D eigenvalue weighted by atomic mass is 35.5. The zero-order valence-electron chi connectivity index (χ0n) is 29.4. The number of thiocarbonyl (C=S) groups is 1. The van der Waals surface area contributed by atoms with E-state index >= 15 is 0 Å². The Labute approximate surface area is 337 Å². The van der Waals surface area contributed by atoms with E-state index < -0.39 is 46.2 Å². The number of benzene rings is 4. The van der Waals surface area contributed by atoms with Crippen LogP contribution in [0.4, 0.5) is 35.1 Å². The molecule has 2 heterocycles. The molecule has 6 aromatic rings. The maximum Gasteiger partial charge on any atom is 0.416 e. The van der Waals surface area contributed by atoms with Crippen LogP contribution in [0.2, 0.25) is 10.0 Å². The van der Waals surface area contributed by atoms with Crippen molar-refractivity contribution in [1.82, 2.24) is 15.3 Å². The number of alkyl halides is 6. The third kappa shape index (κ3) is 10.8. The number of aromatic nitrogens is 2. The Hall–Kier alpha value is -5.15. The smallest absolute Gasteiger partial charge is 0.376 e. The lowest BCUT2D eigenvalue weighted by molar-refractivity contribution is -0.138. The van der Waals surface area contributed by atoms with Gasteiger partial charge in [0.2, 0.25) is 0 Å². The fraction of sp³-hybridized carbons (Fsp3) is 0.146. The van der Waals surface area contributed by atoms with Crippen LogP contribution in [0.25, 0.3) is 0 Å². The molecule has 0 bridgehead atoms. The summed E-state index contributed by atoms with van der Waals surface area (Å²) in [6, 6.07) is 28.7. The average molecular weight is 849 g/mol. The Bertz CT molecular complexity index is 2300. The minimum Gasteiger partial charge on any atom is -0.376 e. The quantitative estimate of drug-likeness (QED) is 0.0992. The van der Waals surface area contributed by atoms with Gasteiger partial charge in [0.1, 0.15) is 17.2 Å². The van der Waals surface area contributed by atoms with Gasteiger partial charge in [-0.1, -0.05) is 83.9 Å². The van der Waals surface area contributed by atoms with Crippen molar-refractivity contribution in [2.24, 2.45) is 11.5 Å². The van der Waals surface area contributed by atoms with Gasteiger partial charge in [-0.15, -0.1) is 0 Å². The van der Waals surface area contributed by atoms with Crippen LogP contribution in [0, 0.1) is 11.6 Å². The number of pyridine rings is 2. The minimum atomic E-state index is -4.74. The second kappa shape index (κ2) is 17.6. The zero-order chi connectivity index (χ0) is 41.6. The predicted octanol–water partition coefficient (Wildman–Crippen LogP) is 10.6. The third-order valence-electron chi connectivity index (χ3n) is 8.78. The van der Waals surface area contributed by atoms with E-state index in [1.807, 2.05) is 6.07 Å². The first-order valence-corrected chi connectivity index (χ1v) is 17.9. The number of halogens is 10. The first-order valence-electron chi connectivity index (χ1n) is 16.7. The van der Waals surface area contributed by atoms with Gasteiger partial charge in [0.25, 0.3) is 0 Å². The van der Waals surface area contributed by atoms with E-state index in [4.69, 9.17) is 46.9 Å². The van der Waals surface area contributed by atoms with E-state index in [0.717, 1.165) is 35.4 Å². The molecule has 0 fully saturated rings. The number of nitrogens with zero attached hydrogens (tertiary/aromatic N) is 2. The van der Waals surface area contributed by atoms with Crippen molar-refractivity contribution in [1.29, 1.82) is 0 Å². The molecule has 2 aromatic heterocycles. The highest BCUT2D eigenvalue weighted by Crippen LogP contribution is 2.39. The monoisotopic (exact) mass is 847 g/mol. The van der Waals surface area contributed by atoms with Crippen molar-refractivity contribution in [3.8, 4) is 0 Å². The summed E-state index contributed by atoms with van der Waals surface area (Å²) in [4.78, 5) is 8.47. The maximum absolute atomic E-state index is 14.3. The molecule has 0 amide bonds. The molecular weight excluding hydrogens is 817 g/mol. The summed E-state index contributed by atoms with van der Waals surface area (Å²) in [6.07, 6.45) is -6.51. The summed E-state index contributed by atoms with van der Waals surface area (Å²) < 4.78 is 108. The topological polar surface area (TPSA) is 89.8 Å². The summed E-state index contributed by atoms with van der Waals surface area (Å²) in [5.74, 6) is -2.06. The fourth-order valence-corrected chi connectivity index (χ4v) is 6.57. The van der Waals surface area contributed by atoms with Crippen LogP contribution in [-0.2, 0) is 36.3 Å². The van der Waals surface area contributed by atoms with Gasteiger partial charge < -0.3 is 16.8 Å². The summed E-state index contributed by atoms with van der Waals surface area (Å²) >= 11 is 16.8. The number of rotatable bonds is 9. The number of hydrogen-bond acceptors (Lipinski definition) is 4. The summed E-state index contributed by atoms with van der Waals surface area (Å²) in [5.41, 5.74) is 9.17. The van der Waals surface area contributed by atoms with Gasteiger partial charge in [0.05, 0.1) is 38.1 Å². The SMILES string of the molecule is NC(=S)NC(Cc1ccccc1)(c1cc(F)cc(C(F)(F)F)c1)c1ccc(Cl)cn1.NC(Cc1ccccc1)(c1cc(F)cc(C(F)(F)F)c1)c1ccc(Cl)cn1. The van der Waals surface area contributed by atoms with Gasteiger partial charge in [-0.05, 0) is 95.1 Å². The van der Waals surface area contributed by atoms with E-state index in [9.17, 15) is 35.1 Å². The summed E-state index contributed by atoms with van der Waals surface area (Å²) in [5, 5.41) is 3.38. The van der Waals surface area contributed by atoms with Gasteiger partial charge >= 0.3 is 12.4 Å². The molecule has 0 aliphatic carbocycles. The van der Waals surface area contributed by atoms with Crippen molar-refractivity contribution in [2.75, 3.05) is 0 Å². The van der Waals surface area contributed by atoms with Crippen LogP contribution >= 0.6 is 35.4 Å². The second-order valence-corrected chi connectivity index (χ2v) is 14.2. The lowest BCUT2D eigenvalue weighted by Gasteiger charge is -2.36. The standard InChI is InChI=1S/C21H16ClF4N3S.C20H15ClF4N2/c22-16-6-7-18(28-12-16)20(29-19(27)30,11-13-4-2-1-3-5-13)14-8-15(21(24,25)26)10-17(23)9-14;21-16-6-7-18(27-12-16)19(26,11-13-4-2-1-3-5-13)14-8-15(20(23,24)25)10-17(22)9-14/h1-10,12H,11H2,(H3,27,29,30);1-10,12H,11,26H2. The molecule has 5 N–H and O–H groups in total. The Balaban J connectivity index is 0.000000219. The Morgan fingerprint density at radius 2 is 1.00 bits per heavy atom. The highest BCUT2D eigenvalue weighted by molar-refractivity contribution is 7.80. The average Bonchev–Trinajstić information content (AvgIpc) is 3.15. The number of nitrogens with two attached hydrogens (primary N) is 2. The third-order valence-corrected chi connectivity index (χ3v) is 9.33. The van der Waals surface area contributed by atoms with Crippen molar-refractivity contribution in [3.05, 3.63) is 200 Å². The maximum atomic E-state index is 14.3. The van der Waals surface area contributed by atoms with E-state index in [2.05, 4.69) is 15.3 Å². The van der Waals surface area contributed by atoms with Gasteiger partial charge in [-0.3, -0.25) is 9.97 Å². The van der Waals surface area contributed by atoms with Gasteiger partial charge in [-0.2, -0.15) is 26.3 Å². The molecule has 2 unspecified atom stereocenters. The van der Waals surface area contributed by atoms with Crippen molar-refractivity contribution >= 4 is 40.5 Å². The molecule has 0 radical (unpaired) electrons. The van der Waals surface area contributed by atoms with E-state index in [1.54, 1.807) is 60.7 Å². The van der Waals surface area contributed by atoms with Crippen molar-refractivity contribution in [2.45, 2.75) is 36.3 Å². The molecule has 0 aliphatic heterocycles. The fourth-order valence-electron chi connectivity index (χ4n) is 6.17. The normalized spacial score (nSPS) is 13.7. The number of nitrogens with one attached hydrogen (secondary N) is 1. The molecule has 0 saturated heterocycles. The van der Waals surface area contributed by atoms with E-state index in [1.165, 1.54) is 30.6 Å². The molecule has 57 heavy (non-hydrogen) atoms. The second-order valence-electron chi connectivity index (χ2n) is 12.9. The Kier molecular flexibility index (Phi) is 13.2. The lowest BCUT2D eigenvalue weighted by Crippen LogP contribution is -2.51. The minimum absolute atomic E-state index is 0.0199. The molecule has 0 aliphatic rings. The van der Waals surface area contributed by atoms with Gasteiger partial charge in [-0.25, -0.2) is 8.78 Å². The summed E-state index contributed by atoms with van der Waals surface area (Å²) in [6.45, 7) is 0. The molecule has 2 atom stereocenters. The van der Waals surface area contributed by atoms with Crippen LogP contribution < -0.4 is 16.8 Å². The predicted molar refractivity (Wildman–Crippen MR) is 207 cm³/mol. The Morgan fingerprint density at radius 1 is 0.579 bits per heavy atom. The van der Waals surface area contributed by atoms with Crippen molar-refractivity contribution < 1.29 is 35.1 Å². The van der Waals surface area contributed by atoms with Gasteiger partial charge in [0, 0.05) is 25.2 Å². The first-order chi connectivity index (χ1) is 26.8. The molecular formula is C41H31Cl2F8N5S. The molecule has 0 spiro atoms. The highest BCUT2D eigenvalue weighted by Gasteiger charge is 2.40. The van der Waals surface area contributed by atoms with E-state index in [-0.39, 0.29) is 40.5 Å². The molecule has 16 heteroatoms. The molecule has 4 aromatic carbocycles.